The number of thiocarbonyl (C=S) groups is 1. The van der Waals surface area contributed by atoms with E-state index in [0.29, 0.717) is 22.0 Å². The van der Waals surface area contributed by atoms with Gasteiger partial charge in [-0.05, 0) is 48.1 Å². The zero-order valence-corrected chi connectivity index (χ0v) is 16.9. The minimum absolute atomic E-state index is 0.181. The van der Waals surface area contributed by atoms with Gasteiger partial charge in [-0.3, -0.25) is 9.59 Å². The lowest BCUT2D eigenvalue weighted by molar-refractivity contribution is -0.119. The van der Waals surface area contributed by atoms with E-state index in [-0.39, 0.29) is 23.3 Å². The second-order valence-corrected chi connectivity index (χ2v) is 6.99. The molecular formula is C22H18ClN3O2S. The Balaban J connectivity index is 1.58. The number of anilines is 2. The van der Waals surface area contributed by atoms with Gasteiger partial charge in [0.2, 0.25) is 5.91 Å². The highest BCUT2D eigenvalue weighted by Crippen LogP contribution is 2.19. The minimum Gasteiger partial charge on any atom is -0.332 e. The van der Waals surface area contributed by atoms with Crippen molar-refractivity contribution in [2.75, 3.05) is 10.6 Å². The van der Waals surface area contributed by atoms with Gasteiger partial charge in [0.05, 0.1) is 17.0 Å². The van der Waals surface area contributed by atoms with Crippen LogP contribution in [0.4, 0.5) is 11.4 Å². The summed E-state index contributed by atoms with van der Waals surface area (Å²) in [6.07, 6.45) is 0.233. The number of halogens is 1. The first kappa shape index (κ1) is 20.5. The Kier molecular flexibility index (Phi) is 6.94. The fourth-order valence-electron chi connectivity index (χ4n) is 2.63. The largest absolute Gasteiger partial charge is 0.332 e. The maximum absolute atomic E-state index is 12.4. The van der Waals surface area contributed by atoms with E-state index in [1.807, 2.05) is 30.3 Å². The molecule has 0 atom stereocenters. The van der Waals surface area contributed by atoms with Crippen molar-refractivity contribution in [2.24, 2.45) is 0 Å². The summed E-state index contributed by atoms with van der Waals surface area (Å²) in [7, 11) is 0. The highest BCUT2D eigenvalue weighted by molar-refractivity contribution is 7.80. The molecule has 29 heavy (non-hydrogen) atoms. The third-order valence-electron chi connectivity index (χ3n) is 3.96. The summed E-state index contributed by atoms with van der Waals surface area (Å²) in [5.74, 6) is -0.525. The molecule has 2 amide bonds. The summed E-state index contributed by atoms with van der Waals surface area (Å²) in [6.45, 7) is 0. The molecule has 0 saturated heterocycles. The molecule has 0 radical (unpaired) electrons. The van der Waals surface area contributed by atoms with E-state index >= 15 is 0 Å². The summed E-state index contributed by atoms with van der Waals surface area (Å²) < 4.78 is 0. The number of hydrogen-bond acceptors (Lipinski definition) is 3. The Bertz CT molecular complexity index is 1040. The smallest absolute Gasteiger partial charge is 0.257 e. The number of carbonyl (C=O) groups is 2. The third-order valence-corrected chi connectivity index (χ3v) is 4.49. The topological polar surface area (TPSA) is 70.2 Å². The van der Waals surface area contributed by atoms with E-state index in [1.54, 1.807) is 48.5 Å². The number of nitrogens with one attached hydrogen (secondary N) is 3. The fraction of sp³-hybridized carbons (Fsp3) is 0.0455. The molecule has 0 aliphatic heterocycles. The summed E-state index contributed by atoms with van der Waals surface area (Å²) in [5, 5.41) is 8.94. The van der Waals surface area contributed by atoms with Crippen LogP contribution < -0.4 is 16.0 Å². The molecule has 0 saturated carbocycles. The van der Waals surface area contributed by atoms with Gasteiger partial charge in [-0.2, -0.15) is 0 Å². The van der Waals surface area contributed by atoms with Crippen LogP contribution >= 0.6 is 23.8 Å². The molecule has 0 bridgehead atoms. The second-order valence-electron chi connectivity index (χ2n) is 6.18. The molecular weight excluding hydrogens is 406 g/mol. The van der Waals surface area contributed by atoms with E-state index in [0.717, 1.165) is 5.56 Å². The number of hydrogen-bond donors (Lipinski definition) is 3. The lowest BCUT2D eigenvalue weighted by atomic mass is 10.1. The predicted molar refractivity (Wildman–Crippen MR) is 120 cm³/mol. The van der Waals surface area contributed by atoms with Gasteiger partial charge >= 0.3 is 0 Å². The maximum atomic E-state index is 12.4. The van der Waals surface area contributed by atoms with Gasteiger partial charge in [0, 0.05) is 11.4 Å². The van der Waals surface area contributed by atoms with Crippen molar-refractivity contribution in [1.82, 2.24) is 5.32 Å². The summed E-state index contributed by atoms with van der Waals surface area (Å²) in [6, 6.07) is 23.2. The van der Waals surface area contributed by atoms with Crippen molar-refractivity contribution in [1.29, 1.82) is 0 Å². The zero-order valence-electron chi connectivity index (χ0n) is 15.3. The first-order chi connectivity index (χ1) is 14.0. The molecule has 7 heteroatoms. The van der Waals surface area contributed by atoms with Crippen molar-refractivity contribution < 1.29 is 9.59 Å². The molecule has 0 spiro atoms. The maximum Gasteiger partial charge on any atom is 0.257 e. The zero-order chi connectivity index (χ0) is 20.6. The van der Waals surface area contributed by atoms with Crippen LogP contribution in [0.25, 0.3) is 0 Å². The molecule has 0 aliphatic rings. The van der Waals surface area contributed by atoms with Crippen molar-refractivity contribution in [3.05, 3.63) is 95.0 Å². The van der Waals surface area contributed by atoms with Crippen LogP contribution in [0.1, 0.15) is 15.9 Å². The van der Waals surface area contributed by atoms with E-state index in [1.165, 1.54) is 0 Å². The van der Waals surface area contributed by atoms with Gasteiger partial charge in [0.25, 0.3) is 5.91 Å². The summed E-state index contributed by atoms with van der Waals surface area (Å²) >= 11 is 11.3. The molecule has 5 nitrogen and oxygen atoms in total. The molecule has 146 valence electrons. The van der Waals surface area contributed by atoms with Crippen LogP contribution in [0, 0.1) is 0 Å². The molecule has 0 aromatic heterocycles. The summed E-state index contributed by atoms with van der Waals surface area (Å²) in [5.41, 5.74) is 2.48. The number of benzene rings is 3. The van der Waals surface area contributed by atoms with Crippen molar-refractivity contribution in [3.8, 4) is 0 Å². The Morgan fingerprint density at radius 1 is 0.828 bits per heavy atom. The molecule has 0 fully saturated rings. The normalized spacial score (nSPS) is 10.1. The average molecular weight is 424 g/mol. The average Bonchev–Trinajstić information content (AvgIpc) is 2.69. The Hall–Kier alpha value is -3.22. The SMILES string of the molecule is O=C(Cc1ccccc1)NC(=S)Nc1cccc(NC(=O)c2ccccc2Cl)c1. The van der Waals surface area contributed by atoms with Crippen molar-refractivity contribution in [2.45, 2.75) is 6.42 Å². The minimum atomic E-state index is -0.313. The van der Waals surface area contributed by atoms with Gasteiger partial charge in [0.1, 0.15) is 0 Å². The van der Waals surface area contributed by atoms with Gasteiger partial charge < -0.3 is 16.0 Å². The second kappa shape index (κ2) is 9.82. The monoisotopic (exact) mass is 423 g/mol. The quantitative estimate of drug-likeness (QED) is 0.522. The molecule has 0 heterocycles. The van der Waals surface area contributed by atoms with E-state index in [9.17, 15) is 9.59 Å². The molecule has 3 N–H and O–H groups in total. The third kappa shape index (κ3) is 6.14. The van der Waals surface area contributed by atoms with Crippen LogP contribution in [0.15, 0.2) is 78.9 Å². The van der Waals surface area contributed by atoms with Gasteiger partial charge in [-0.1, -0.05) is 60.1 Å². The Morgan fingerprint density at radius 3 is 2.21 bits per heavy atom. The number of carbonyl (C=O) groups excluding carboxylic acids is 2. The Labute approximate surface area is 179 Å². The Morgan fingerprint density at radius 2 is 1.48 bits per heavy atom. The first-order valence-electron chi connectivity index (χ1n) is 8.82. The van der Waals surface area contributed by atoms with E-state index in [4.69, 9.17) is 23.8 Å². The predicted octanol–water partition coefficient (Wildman–Crippen LogP) is 4.65. The van der Waals surface area contributed by atoms with Crippen LogP contribution in [0.2, 0.25) is 5.02 Å². The highest BCUT2D eigenvalue weighted by atomic mass is 35.5. The van der Waals surface area contributed by atoms with Gasteiger partial charge in [-0.15, -0.1) is 0 Å². The molecule has 3 rings (SSSR count). The van der Waals surface area contributed by atoms with E-state index < -0.39 is 0 Å². The van der Waals surface area contributed by atoms with Crippen molar-refractivity contribution >= 4 is 52.1 Å². The lowest BCUT2D eigenvalue weighted by Crippen LogP contribution is -2.35. The fourth-order valence-corrected chi connectivity index (χ4v) is 3.09. The number of amides is 2. The highest BCUT2D eigenvalue weighted by Gasteiger charge is 2.10. The van der Waals surface area contributed by atoms with Gasteiger partial charge in [-0.25, -0.2) is 0 Å². The van der Waals surface area contributed by atoms with Crippen LogP contribution in [-0.4, -0.2) is 16.9 Å². The van der Waals surface area contributed by atoms with Gasteiger partial charge in [0.15, 0.2) is 5.11 Å². The van der Waals surface area contributed by atoms with Crippen LogP contribution in [-0.2, 0) is 11.2 Å². The lowest BCUT2D eigenvalue weighted by Gasteiger charge is -2.12. The summed E-state index contributed by atoms with van der Waals surface area (Å²) in [4.78, 5) is 24.5. The van der Waals surface area contributed by atoms with Crippen molar-refractivity contribution in [3.63, 3.8) is 0 Å². The molecule has 3 aromatic carbocycles. The van der Waals surface area contributed by atoms with Crippen LogP contribution in [0.3, 0.4) is 0 Å². The number of rotatable bonds is 5. The molecule has 3 aromatic rings. The standard InChI is InChI=1S/C22H18ClN3O2S/c23-19-12-5-4-11-18(19)21(28)24-16-9-6-10-17(14-16)25-22(29)26-20(27)13-15-7-2-1-3-8-15/h1-12,14H,13H2,(H,24,28)(H2,25,26,27,29). The molecule has 0 aliphatic carbocycles. The molecule has 0 unspecified atom stereocenters. The van der Waals surface area contributed by atoms with E-state index in [2.05, 4.69) is 16.0 Å². The van der Waals surface area contributed by atoms with Crippen LogP contribution in [0.5, 0.6) is 0 Å². The first-order valence-corrected chi connectivity index (χ1v) is 9.60.